The fourth-order valence-corrected chi connectivity index (χ4v) is 3.66. The van der Waals surface area contributed by atoms with Crippen LogP contribution in [0.4, 0.5) is 10.5 Å². The molecule has 0 saturated heterocycles. The Morgan fingerprint density at radius 1 is 1.03 bits per heavy atom. The molecular weight excluding hydrogens is 424 g/mol. The van der Waals surface area contributed by atoms with Crippen LogP contribution in [0.3, 0.4) is 0 Å². The zero-order valence-electron chi connectivity index (χ0n) is 18.2. The number of rotatable bonds is 4. The summed E-state index contributed by atoms with van der Waals surface area (Å²) in [5.41, 5.74) is 3.05. The van der Waals surface area contributed by atoms with Gasteiger partial charge < -0.3 is 15.7 Å². The van der Waals surface area contributed by atoms with E-state index >= 15 is 0 Å². The quantitative estimate of drug-likeness (QED) is 0.335. The van der Waals surface area contributed by atoms with Crippen LogP contribution >= 0.6 is 11.6 Å². The number of fused-ring (bicyclic) bond motifs is 1. The molecule has 0 bridgehead atoms. The Hall–Kier alpha value is -3.51. The Bertz CT molecular complexity index is 1290. The first-order chi connectivity index (χ1) is 15.2. The third kappa shape index (κ3) is 4.55. The highest BCUT2D eigenvalue weighted by atomic mass is 35.5. The maximum atomic E-state index is 12.7. The number of carbonyl (C=O) groups is 1. The van der Waals surface area contributed by atoms with Gasteiger partial charge in [-0.3, -0.25) is 0 Å². The second-order valence-corrected chi connectivity index (χ2v) is 9.08. The lowest BCUT2D eigenvalue weighted by Crippen LogP contribution is -2.29. The predicted octanol–water partition coefficient (Wildman–Crippen LogP) is 6.00. The molecule has 2 amide bonds. The van der Waals surface area contributed by atoms with Crippen molar-refractivity contribution in [3.8, 4) is 11.4 Å². The van der Waals surface area contributed by atoms with Crippen molar-refractivity contribution in [2.45, 2.75) is 32.7 Å². The number of aromatic nitrogens is 2. The molecule has 0 aliphatic heterocycles. The third-order valence-corrected chi connectivity index (χ3v) is 5.42. The van der Waals surface area contributed by atoms with Crippen LogP contribution in [0, 0.1) is 0 Å². The normalized spacial score (nSPS) is 11.5. The molecule has 7 heteroatoms. The van der Waals surface area contributed by atoms with Gasteiger partial charge in [0.25, 0.3) is 0 Å². The first-order valence-electron chi connectivity index (χ1n) is 10.3. The van der Waals surface area contributed by atoms with E-state index in [2.05, 4.69) is 31.4 Å². The average molecular weight is 449 g/mol. The van der Waals surface area contributed by atoms with Crippen molar-refractivity contribution in [3.63, 3.8) is 0 Å². The number of carbonyl (C=O) groups excluding carboxylic acids is 1. The fourth-order valence-electron chi connectivity index (χ4n) is 3.47. The Kier molecular flexibility index (Phi) is 5.80. The number of halogens is 1. The van der Waals surface area contributed by atoms with Gasteiger partial charge in [-0.2, -0.15) is 5.10 Å². The molecule has 3 aromatic carbocycles. The van der Waals surface area contributed by atoms with E-state index in [4.69, 9.17) is 16.7 Å². The molecule has 3 N–H and O–H groups in total. The van der Waals surface area contributed by atoms with Gasteiger partial charge in [0, 0.05) is 21.2 Å². The lowest BCUT2D eigenvalue weighted by Gasteiger charge is -2.14. The lowest BCUT2D eigenvalue weighted by molar-refractivity contribution is 0.251. The van der Waals surface area contributed by atoms with Crippen molar-refractivity contribution in [3.05, 3.63) is 83.1 Å². The monoisotopic (exact) mass is 448 g/mol. The van der Waals surface area contributed by atoms with E-state index in [1.54, 1.807) is 12.1 Å². The molecule has 0 aliphatic carbocycles. The minimum atomic E-state index is -0.350. The van der Waals surface area contributed by atoms with E-state index in [9.17, 15) is 9.90 Å². The zero-order valence-corrected chi connectivity index (χ0v) is 18.9. The molecule has 1 heterocycles. The Labute approximate surface area is 191 Å². The molecule has 0 fully saturated rings. The standard InChI is InChI=1S/C25H25ClN4O2/c1-25(2,3)23-14-18(30(29-23)17-8-6-7-16(26)13-17)15-27-24(32)28-21-11-12-22(31)20-10-5-4-9-19(20)21/h4-14,31H,15H2,1-3H3,(H2,27,28,32). The first kappa shape index (κ1) is 21.7. The fraction of sp³-hybridized carbons (Fsp3) is 0.200. The van der Waals surface area contributed by atoms with Crippen LogP contribution in [-0.4, -0.2) is 20.9 Å². The Morgan fingerprint density at radius 3 is 2.50 bits per heavy atom. The summed E-state index contributed by atoms with van der Waals surface area (Å²) in [6.45, 7) is 6.56. The van der Waals surface area contributed by atoms with Crippen LogP contribution in [0.2, 0.25) is 5.02 Å². The molecule has 0 radical (unpaired) electrons. The molecule has 1 aromatic heterocycles. The van der Waals surface area contributed by atoms with Crippen LogP contribution in [0.25, 0.3) is 16.5 Å². The van der Waals surface area contributed by atoms with E-state index in [0.29, 0.717) is 16.1 Å². The molecule has 0 saturated carbocycles. The Morgan fingerprint density at radius 2 is 1.78 bits per heavy atom. The lowest BCUT2D eigenvalue weighted by atomic mass is 9.92. The van der Waals surface area contributed by atoms with E-state index in [1.807, 2.05) is 59.3 Å². The van der Waals surface area contributed by atoms with Gasteiger partial charge in [0.05, 0.1) is 29.3 Å². The zero-order chi connectivity index (χ0) is 22.9. The molecule has 0 unspecified atom stereocenters. The molecule has 164 valence electrons. The van der Waals surface area contributed by atoms with Gasteiger partial charge in [-0.1, -0.05) is 62.7 Å². The van der Waals surface area contributed by atoms with Gasteiger partial charge in [-0.25, -0.2) is 9.48 Å². The molecule has 4 aromatic rings. The topological polar surface area (TPSA) is 79.2 Å². The third-order valence-electron chi connectivity index (χ3n) is 5.18. The van der Waals surface area contributed by atoms with Crippen molar-refractivity contribution >= 4 is 34.1 Å². The van der Waals surface area contributed by atoms with Crippen molar-refractivity contribution in [2.75, 3.05) is 5.32 Å². The maximum absolute atomic E-state index is 12.7. The molecule has 0 spiro atoms. The summed E-state index contributed by atoms with van der Waals surface area (Å²) in [5.74, 6) is 0.173. The molecule has 4 rings (SSSR count). The number of nitrogens with one attached hydrogen (secondary N) is 2. The van der Waals surface area contributed by atoms with E-state index in [0.717, 1.165) is 22.5 Å². The number of hydrogen-bond donors (Lipinski definition) is 3. The highest BCUT2D eigenvalue weighted by molar-refractivity contribution is 6.30. The number of amides is 2. The van der Waals surface area contributed by atoms with E-state index in [-0.39, 0.29) is 23.7 Å². The molecule has 6 nitrogen and oxygen atoms in total. The molecule has 32 heavy (non-hydrogen) atoms. The summed E-state index contributed by atoms with van der Waals surface area (Å²) >= 11 is 6.18. The highest BCUT2D eigenvalue weighted by Crippen LogP contribution is 2.30. The number of phenols is 1. The summed E-state index contributed by atoms with van der Waals surface area (Å²) in [6, 6.07) is 19.7. The second-order valence-electron chi connectivity index (χ2n) is 8.65. The highest BCUT2D eigenvalue weighted by Gasteiger charge is 2.21. The number of phenolic OH excluding ortho intramolecular Hbond substituents is 1. The summed E-state index contributed by atoms with van der Waals surface area (Å²) in [6.07, 6.45) is 0. The molecule has 0 aliphatic rings. The minimum absolute atomic E-state index is 0.147. The van der Waals surface area contributed by atoms with Gasteiger partial charge >= 0.3 is 6.03 Å². The van der Waals surface area contributed by atoms with E-state index in [1.165, 1.54) is 0 Å². The first-order valence-corrected chi connectivity index (χ1v) is 10.7. The summed E-state index contributed by atoms with van der Waals surface area (Å²) in [5, 5.41) is 22.7. The number of hydrogen-bond acceptors (Lipinski definition) is 3. The number of nitrogens with zero attached hydrogens (tertiary/aromatic N) is 2. The predicted molar refractivity (Wildman–Crippen MR) is 129 cm³/mol. The SMILES string of the molecule is CC(C)(C)c1cc(CNC(=O)Nc2ccc(O)c3ccccc23)n(-c2cccc(Cl)c2)n1. The van der Waals surface area contributed by atoms with Gasteiger partial charge in [0.1, 0.15) is 5.75 Å². The second kappa shape index (κ2) is 8.55. The number of urea groups is 1. The number of anilines is 1. The van der Waals surface area contributed by atoms with Crippen molar-refractivity contribution in [2.24, 2.45) is 0 Å². The molecular formula is C25H25ClN4O2. The van der Waals surface area contributed by atoms with Crippen LogP contribution in [0.5, 0.6) is 5.75 Å². The maximum Gasteiger partial charge on any atom is 0.319 e. The van der Waals surface area contributed by atoms with Crippen LogP contribution in [-0.2, 0) is 12.0 Å². The summed E-state index contributed by atoms with van der Waals surface area (Å²) in [4.78, 5) is 12.7. The van der Waals surface area contributed by atoms with Crippen molar-refractivity contribution in [1.82, 2.24) is 15.1 Å². The minimum Gasteiger partial charge on any atom is -0.507 e. The van der Waals surface area contributed by atoms with E-state index < -0.39 is 0 Å². The molecule has 0 atom stereocenters. The largest absolute Gasteiger partial charge is 0.507 e. The summed E-state index contributed by atoms with van der Waals surface area (Å²) < 4.78 is 1.81. The van der Waals surface area contributed by atoms with Crippen molar-refractivity contribution in [1.29, 1.82) is 0 Å². The van der Waals surface area contributed by atoms with Gasteiger partial charge in [0.15, 0.2) is 0 Å². The average Bonchev–Trinajstić information content (AvgIpc) is 3.19. The number of aromatic hydroxyl groups is 1. The van der Waals surface area contributed by atoms with Crippen molar-refractivity contribution < 1.29 is 9.90 Å². The number of benzene rings is 3. The van der Waals surface area contributed by atoms with Crippen LogP contribution < -0.4 is 10.6 Å². The van der Waals surface area contributed by atoms with Crippen LogP contribution in [0.1, 0.15) is 32.2 Å². The Balaban J connectivity index is 1.57. The van der Waals surface area contributed by atoms with Gasteiger partial charge in [-0.05, 0) is 36.4 Å². The van der Waals surface area contributed by atoms with Gasteiger partial charge in [0.2, 0.25) is 0 Å². The smallest absolute Gasteiger partial charge is 0.319 e. The summed E-state index contributed by atoms with van der Waals surface area (Å²) in [7, 11) is 0. The van der Waals surface area contributed by atoms with Gasteiger partial charge in [-0.15, -0.1) is 0 Å². The van der Waals surface area contributed by atoms with Crippen LogP contribution in [0.15, 0.2) is 66.7 Å².